The van der Waals surface area contributed by atoms with Gasteiger partial charge in [-0.2, -0.15) is 0 Å². The molecule has 2 aliphatic rings. The van der Waals surface area contributed by atoms with E-state index in [4.69, 9.17) is 10.5 Å². The van der Waals surface area contributed by atoms with Crippen molar-refractivity contribution in [2.75, 3.05) is 6.61 Å². The lowest BCUT2D eigenvalue weighted by Gasteiger charge is -2.24. The number of nitrogens with two attached hydrogens (primary N) is 1. The molecule has 1 saturated carbocycles. The predicted octanol–water partition coefficient (Wildman–Crippen LogP) is 3.80. The molecule has 1 unspecified atom stereocenters. The summed E-state index contributed by atoms with van der Waals surface area (Å²) in [4.78, 5) is 0. The van der Waals surface area contributed by atoms with Gasteiger partial charge < -0.3 is 10.5 Å². The summed E-state index contributed by atoms with van der Waals surface area (Å²) < 4.78 is 6.02. The van der Waals surface area contributed by atoms with E-state index in [0.29, 0.717) is 0 Å². The van der Waals surface area contributed by atoms with Gasteiger partial charge in [-0.25, -0.2) is 0 Å². The second-order valence-corrected chi connectivity index (χ2v) is 5.86. The first kappa shape index (κ1) is 14.7. The highest BCUT2D eigenvalue weighted by atomic mass is 35.5. The Hall–Kier alpha value is -0.730. The third-order valence-electron chi connectivity index (χ3n) is 4.19. The summed E-state index contributed by atoms with van der Waals surface area (Å²) in [6.07, 6.45) is 7.61. The van der Waals surface area contributed by atoms with Crippen LogP contribution in [-0.4, -0.2) is 6.61 Å². The number of hydrogen-bond acceptors (Lipinski definition) is 2. The van der Waals surface area contributed by atoms with Crippen LogP contribution < -0.4 is 10.5 Å². The lowest BCUT2D eigenvalue weighted by Crippen LogP contribution is -2.15. The highest BCUT2D eigenvalue weighted by Crippen LogP contribution is 2.36. The molecule has 1 fully saturated rings. The van der Waals surface area contributed by atoms with Crippen LogP contribution in [-0.2, 0) is 12.8 Å². The SMILES string of the molecule is CC(N)c1ccc(OCC2CC2)c2c1CCCC2.Cl. The quantitative estimate of drug-likeness (QED) is 0.911. The summed E-state index contributed by atoms with van der Waals surface area (Å²) in [5.41, 5.74) is 10.3. The van der Waals surface area contributed by atoms with Crippen molar-refractivity contribution < 1.29 is 4.74 Å². The Balaban J connectivity index is 0.00000133. The Morgan fingerprint density at radius 1 is 1.21 bits per heavy atom. The lowest BCUT2D eigenvalue weighted by molar-refractivity contribution is 0.295. The van der Waals surface area contributed by atoms with E-state index in [9.17, 15) is 0 Å². The third kappa shape index (κ3) is 3.24. The van der Waals surface area contributed by atoms with Gasteiger partial charge in [0.2, 0.25) is 0 Å². The fraction of sp³-hybridized carbons (Fsp3) is 0.625. The third-order valence-corrected chi connectivity index (χ3v) is 4.19. The average molecular weight is 282 g/mol. The zero-order valence-corrected chi connectivity index (χ0v) is 12.5. The van der Waals surface area contributed by atoms with Crippen LogP contribution in [0.15, 0.2) is 12.1 Å². The summed E-state index contributed by atoms with van der Waals surface area (Å²) in [6.45, 7) is 2.99. The van der Waals surface area contributed by atoms with Crippen LogP contribution in [0.25, 0.3) is 0 Å². The second kappa shape index (κ2) is 6.15. The normalized spacial score (nSPS) is 19.3. The van der Waals surface area contributed by atoms with Crippen LogP contribution in [0.2, 0.25) is 0 Å². The largest absolute Gasteiger partial charge is 0.493 e. The molecule has 0 spiro atoms. The van der Waals surface area contributed by atoms with Gasteiger partial charge in [-0.15, -0.1) is 12.4 Å². The van der Waals surface area contributed by atoms with Crippen LogP contribution in [0.3, 0.4) is 0 Å². The minimum absolute atomic E-state index is 0. The van der Waals surface area contributed by atoms with Crippen molar-refractivity contribution in [2.45, 2.75) is 51.5 Å². The molecule has 0 radical (unpaired) electrons. The van der Waals surface area contributed by atoms with Gasteiger partial charge in [-0.3, -0.25) is 0 Å². The highest BCUT2D eigenvalue weighted by molar-refractivity contribution is 5.85. The summed E-state index contributed by atoms with van der Waals surface area (Å²) in [7, 11) is 0. The molecule has 3 rings (SSSR count). The average Bonchev–Trinajstić information content (AvgIpc) is 3.19. The van der Waals surface area contributed by atoms with E-state index in [-0.39, 0.29) is 18.4 Å². The molecule has 3 heteroatoms. The van der Waals surface area contributed by atoms with Crippen molar-refractivity contribution in [2.24, 2.45) is 11.7 Å². The molecule has 2 nitrogen and oxygen atoms in total. The maximum Gasteiger partial charge on any atom is 0.122 e. The Morgan fingerprint density at radius 2 is 1.89 bits per heavy atom. The summed E-state index contributed by atoms with van der Waals surface area (Å²) in [5, 5.41) is 0. The first-order valence-electron chi connectivity index (χ1n) is 7.28. The van der Waals surface area contributed by atoms with Crippen LogP contribution in [0.5, 0.6) is 5.75 Å². The smallest absolute Gasteiger partial charge is 0.122 e. The fourth-order valence-corrected chi connectivity index (χ4v) is 2.92. The van der Waals surface area contributed by atoms with Crippen molar-refractivity contribution >= 4 is 12.4 Å². The molecular formula is C16H24ClNO. The zero-order chi connectivity index (χ0) is 12.5. The van der Waals surface area contributed by atoms with Crippen LogP contribution in [0, 0.1) is 5.92 Å². The standard InChI is InChI=1S/C16H23NO.ClH/c1-11(17)13-8-9-16(18-10-12-6-7-12)15-5-3-2-4-14(13)15;/h8-9,11-12H,2-7,10,17H2,1H3;1H. The van der Waals surface area contributed by atoms with Gasteiger partial charge in [0.25, 0.3) is 0 Å². The maximum absolute atomic E-state index is 6.08. The molecule has 0 heterocycles. The second-order valence-electron chi connectivity index (χ2n) is 5.86. The molecular weight excluding hydrogens is 258 g/mol. The number of ether oxygens (including phenoxy) is 1. The first-order chi connectivity index (χ1) is 8.75. The zero-order valence-electron chi connectivity index (χ0n) is 11.7. The summed E-state index contributed by atoms with van der Waals surface area (Å²) >= 11 is 0. The monoisotopic (exact) mass is 281 g/mol. The molecule has 0 aromatic heterocycles. The highest BCUT2D eigenvalue weighted by Gasteiger charge is 2.24. The van der Waals surface area contributed by atoms with Crippen molar-refractivity contribution in [1.29, 1.82) is 0 Å². The van der Waals surface area contributed by atoms with E-state index >= 15 is 0 Å². The number of rotatable bonds is 4. The van der Waals surface area contributed by atoms with Gasteiger partial charge in [0.1, 0.15) is 5.75 Å². The van der Waals surface area contributed by atoms with Gasteiger partial charge in [0.05, 0.1) is 6.61 Å². The topological polar surface area (TPSA) is 35.2 Å². The molecule has 1 aromatic carbocycles. The summed E-state index contributed by atoms with van der Waals surface area (Å²) in [6, 6.07) is 4.46. The van der Waals surface area contributed by atoms with Crippen molar-refractivity contribution in [3.05, 3.63) is 28.8 Å². The minimum Gasteiger partial charge on any atom is -0.493 e. The van der Waals surface area contributed by atoms with E-state index in [1.807, 2.05) is 0 Å². The Bertz CT molecular complexity index is 441. The molecule has 1 aromatic rings. The maximum atomic E-state index is 6.08. The van der Waals surface area contributed by atoms with Crippen molar-refractivity contribution in [3.8, 4) is 5.75 Å². The number of fused-ring (bicyclic) bond motifs is 1. The van der Waals surface area contributed by atoms with E-state index in [1.165, 1.54) is 48.8 Å². The Morgan fingerprint density at radius 3 is 2.53 bits per heavy atom. The predicted molar refractivity (Wildman–Crippen MR) is 81.2 cm³/mol. The van der Waals surface area contributed by atoms with E-state index < -0.39 is 0 Å². The van der Waals surface area contributed by atoms with Crippen molar-refractivity contribution in [3.63, 3.8) is 0 Å². The Labute approximate surface area is 122 Å². The van der Waals surface area contributed by atoms with Gasteiger partial charge in [-0.05, 0) is 74.1 Å². The fourth-order valence-electron chi connectivity index (χ4n) is 2.92. The van der Waals surface area contributed by atoms with Gasteiger partial charge in [0, 0.05) is 6.04 Å². The Kier molecular flexibility index (Phi) is 4.75. The molecule has 106 valence electrons. The van der Waals surface area contributed by atoms with Gasteiger partial charge in [0.15, 0.2) is 0 Å². The first-order valence-corrected chi connectivity index (χ1v) is 7.28. The van der Waals surface area contributed by atoms with Crippen molar-refractivity contribution in [1.82, 2.24) is 0 Å². The minimum atomic E-state index is 0. The molecule has 0 bridgehead atoms. The molecule has 19 heavy (non-hydrogen) atoms. The van der Waals surface area contributed by atoms with Crippen LogP contribution in [0.4, 0.5) is 0 Å². The molecule has 0 aliphatic heterocycles. The number of halogens is 1. The van der Waals surface area contributed by atoms with Crippen LogP contribution >= 0.6 is 12.4 Å². The van der Waals surface area contributed by atoms with E-state index in [0.717, 1.165) is 24.7 Å². The van der Waals surface area contributed by atoms with Gasteiger partial charge in [-0.1, -0.05) is 6.07 Å². The molecule has 1 atom stereocenters. The van der Waals surface area contributed by atoms with E-state index in [2.05, 4.69) is 19.1 Å². The van der Waals surface area contributed by atoms with Crippen LogP contribution in [0.1, 0.15) is 55.3 Å². The molecule has 0 amide bonds. The lowest BCUT2D eigenvalue weighted by atomic mass is 9.85. The van der Waals surface area contributed by atoms with E-state index in [1.54, 1.807) is 0 Å². The molecule has 2 N–H and O–H groups in total. The molecule has 0 saturated heterocycles. The number of hydrogen-bond donors (Lipinski definition) is 1. The number of benzene rings is 1. The summed E-state index contributed by atoms with van der Waals surface area (Å²) in [5.74, 6) is 1.94. The van der Waals surface area contributed by atoms with Gasteiger partial charge >= 0.3 is 0 Å². The molecule has 2 aliphatic carbocycles.